The molecule has 0 bridgehead atoms. The van der Waals surface area contributed by atoms with Crippen molar-refractivity contribution in [3.05, 3.63) is 76.0 Å². The Hall–Kier alpha value is -2.53. The lowest BCUT2D eigenvalue weighted by Gasteiger charge is -2.09. The molecule has 0 saturated heterocycles. The van der Waals surface area contributed by atoms with Crippen molar-refractivity contribution < 1.29 is 14.3 Å². The standard InChI is InChI=1S/C19H16BrNO3/c1-12-10-14(19(22)23)4-8-17(12)21-11-16-7-9-18(24-16)13-2-5-15(20)6-3-13/h2-10,21H,11H2,1H3,(H,22,23). The predicted octanol–water partition coefficient (Wildman–Crippen LogP) is 5.33. The molecular formula is C19H16BrNO3. The van der Waals surface area contributed by atoms with Crippen molar-refractivity contribution in [3.63, 3.8) is 0 Å². The molecule has 0 fully saturated rings. The van der Waals surface area contributed by atoms with E-state index in [-0.39, 0.29) is 5.56 Å². The minimum absolute atomic E-state index is 0.286. The fourth-order valence-electron chi connectivity index (χ4n) is 2.42. The van der Waals surface area contributed by atoms with Crippen LogP contribution in [0.5, 0.6) is 0 Å². The molecule has 0 atom stereocenters. The lowest BCUT2D eigenvalue weighted by molar-refractivity contribution is 0.0697. The van der Waals surface area contributed by atoms with Crippen LogP contribution in [0.1, 0.15) is 21.7 Å². The van der Waals surface area contributed by atoms with Crippen molar-refractivity contribution in [2.75, 3.05) is 5.32 Å². The van der Waals surface area contributed by atoms with Crippen LogP contribution in [-0.4, -0.2) is 11.1 Å². The number of furan rings is 1. The maximum absolute atomic E-state index is 11.0. The number of carboxylic acid groups (broad SMARTS) is 1. The Morgan fingerprint density at radius 2 is 1.88 bits per heavy atom. The van der Waals surface area contributed by atoms with Gasteiger partial charge in [-0.15, -0.1) is 0 Å². The Balaban J connectivity index is 1.69. The van der Waals surface area contributed by atoms with E-state index in [1.165, 1.54) is 0 Å². The zero-order valence-electron chi connectivity index (χ0n) is 13.0. The third-order valence-corrected chi connectivity index (χ3v) is 4.25. The van der Waals surface area contributed by atoms with Gasteiger partial charge in [0, 0.05) is 15.7 Å². The number of benzene rings is 2. The largest absolute Gasteiger partial charge is 0.478 e. The summed E-state index contributed by atoms with van der Waals surface area (Å²) in [6.07, 6.45) is 0. The van der Waals surface area contributed by atoms with Gasteiger partial charge in [-0.1, -0.05) is 28.1 Å². The molecule has 0 amide bonds. The van der Waals surface area contributed by atoms with Gasteiger partial charge in [0.25, 0.3) is 0 Å². The lowest BCUT2D eigenvalue weighted by Crippen LogP contribution is -2.02. The van der Waals surface area contributed by atoms with Crippen molar-refractivity contribution in [2.24, 2.45) is 0 Å². The van der Waals surface area contributed by atoms with Gasteiger partial charge in [-0.3, -0.25) is 0 Å². The van der Waals surface area contributed by atoms with Gasteiger partial charge in [0.1, 0.15) is 11.5 Å². The molecule has 0 unspecified atom stereocenters. The van der Waals surface area contributed by atoms with Gasteiger partial charge in [-0.2, -0.15) is 0 Å². The molecule has 0 aliphatic carbocycles. The average Bonchev–Trinajstić information content (AvgIpc) is 3.03. The minimum atomic E-state index is -0.921. The summed E-state index contributed by atoms with van der Waals surface area (Å²) in [7, 11) is 0. The van der Waals surface area contributed by atoms with E-state index in [0.29, 0.717) is 6.54 Å². The Kier molecular flexibility index (Phi) is 4.71. The fraction of sp³-hybridized carbons (Fsp3) is 0.105. The van der Waals surface area contributed by atoms with Crippen LogP contribution in [-0.2, 0) is 6.54 Å². The second kappa shape index (κ2) is 6.93. The summed E-state index contributed by atoms with van der Waals surface area (Å²) in [5.41, 5.74) is 3.08. The molecule has 122 valence electrons. The number of halogens is 1. The molecule has 4 nitrogen and oxygen atoms in total. The number of rotatable bonds is 5. The summed E-state index contributed by atoms with van der Waals surface area (Å²) >= 11 is 3.42. The quantitative estimate of drug-likeness (QED) is 0.622. The molecular weight excluding hydrogens is 370 g/mol. The Morgan fingerprint density at radius 1 is 1.12 bits per heavy atom. The van der Waals surface area contributed by atoms with Crippen LogP contribution in [0.4, 0.5) is 5.69 Å². The molecule has 0 saturated carbocycles. The van der Waals surface area contributed by atoms with Crippen LogP contribution >= 0.6 is 15.9 Å². The van der Waals surface area contributed by atoms with Gasteiger partial charge in [-0.05, 0) is 55.0 Å². The first-order valence-electron chi connectivity index (χ1n) is 7.45. The van der Waals surface area contributed by atoms with E-state index in [4.69, 9.17) is 9.52 Å². The molecule has 3 rings (SSSR count). The SMILES string of the molecule is Cc1cc(C(=O)O)ccc1NCc1ccc(-c2ccc(Br)cc2)o1. The van der Waals surface area contributed by atoms with E-state index >= 15 is 0 Å². The number of anilines is 1. The summed E-state index contributed by atoms with van der Waals surface area (Å²) in [5, 5.41) is 12.3. The highest BCUT2D eigenvalue weighted by molar-refractivity contribution is 9.10. The van der Waals surface area contributed by atoms with Crippen molar-refractivity contribution in [3.8, 4) is 11.3 Å². The normalized spacial score (nSPS) is 10.6. The summed E-state index contributed by atoms with van der Waals surface area (Å²) in [4.78, 5) is 11.0. The smallest absolute Gasteiger partial charge is 0.335 e. The number of hydrogen-bond donors (Lipinski definition) is 2. The lowest BCUT2D eigenvalue weighted by atomic mass is 10.1. The van der Waals surface area contributed by atoms with Gasteiger partial charge in [0.15, 0.2) is 0 Å². The zero-order chi connectivity index (χ0) is 17.1. The van der Waals surface area contributed by atoms with E-state index in [1.807, 2.05) is 43.3 Å². The molecule has 24 heavy (non-hydrogen) atoms. The molecule has 2 aromatic carbocycles. The summed E-state index contributed by atoms with van der Waals surface area (Å²) in [5.74, 6) is 0.710. The summed E-state index contributed by atoms with van der Waals surface area (Å²) in [6.45, 7) is 2.41. The van der Waals surface area contributed by atoms with Gasteiger partial charge < -0.3 is 14.8 Å². The highest BCUT2D eigenvalue weighted by Crippen LogP contribution is 2.25. The van der Waals surface area contributed by atoms with Crippen LogP contribution < -0.4 is 5.32 Å². The highest BCUT2D eigenvalue weighted by Gasteiger charge is 2.08. The Labute approximate surface area is 148 Å². The number of hydrogen-bond acceptors (Lipinski definition) is 3. The fourth-order valence-corrected chi connectivity index (χ4v) is 2.68. The topological polar surface area (TPSA) is 62.5 Å². The van der Waals surface area contributed by atoms with E-state index in [0.717, 1.165) is 32.8 Å². The van der Waals surface area contributed by atoms with Crippen LogP contribution in [0.3, 0.4) is 0 Å². The third kappa shape index (κ3) is 3.68. The summed E-state index contributed by atoms with van der Waals surface area (Å²) < 4.78 is 6.89. The van der Waals surface area contributed by atoms with Crippen LogP contribution in [0, 0.1) is 6.92 Å². The van der Waals surface area contributed by atoms with E-state index in [2.05, 4.69) is 21.2 Å². The highest BCUT2D eigenvalue weighted by atomic mass is 79.9. The number of nitrogens with one attached hydrogen (secondary N) is 1. The van der Waals surface area contributed by atoms with Gasteiger partial charge in [0.05, 0.1) is 12.1 Å². The minimum Gasteiger partial charge on any atom is -0.478 e. The van der Waals surface area contributed by atoms with Crippen molar-refractivity contribution in [2.45, 2.75) is 13.5 Å². The predicted molar refractivity (Wildman–Crippen MR) is 97.3 cm³/mol. The third-order valence-electron chi connectivity index (χ3n) is 3.72. The molecule has 2 N–H and O–H groups in total. The van der Waals surface area contributed by atoms with E-state index in [9.17, 15) is 4.79 Å². The van der Waals surface area contributed by atoms with Gasteiger partial charge >= 0.3 is 5.97 Å². The number of aryl methyl sites for hydroxylation is 1. The maximum atomic E-state index is 11.0. The van der Waals surface area contributed by atoms with Crippen LogP contribution in [0.25, 0.3) is 11.3 Å². The molecule has 5 heteroatoms. The van der Waals surface area contributed by atoms with Crippen molar-refractivity contribution in [1.82, 2.24) is 0 Å². The first-order valence-corrected chi connectivity index (χ1v) is 8.25. The number of aromatic carboxylic acids is 1. The molecule has 0 aliphatic rings. The van der Waals surface area contributed by atoms with Gasteiger partial charge in [0.2, 0.25) is 0 Å². The second-order valence-electron chi connectivity index (χ2n) is 5.46. The van der Waals surface area contributed by atoms with E-state index < -0.39 is 5.97 Å². The van der Waals surface area contributed by atoms with E-state index in [1.54, 1.807) is 18.2 Å². The van der Waals surface area contributed by atoms with Crippen molar-refractivity contribution >= 4 is 27.6 Å². The summed E-state index contributed by atoms with van der Waals surface area (Å²) in [6, 6.07) is 16.8. The van der Waals surface area contributed by atoms with Gasteiger partial charge in [-0.25, -0.2) is 4.79 Å². The maximum Gasteiger partial charge on any atom is 0.335 e. The molecule has 0 radical (unpaired) electrons. The molecule has 0 aliphatic heterocycles. The monoisotopic (exact) mass is 385 g/mol. The Morgan fingerprint density at radius 3 is 2.54 bits per heavy atom. The zero-order valence-corrected chi connectivity index (χ0v) is 14.6. The number of carbonyl (C=O) groups is 1. The van der Waals surface area contributed by atoms with Crippen molar-refractivity contribution in [1.29, 1.82) is 0 Å². The Bertz CT molecular complexity index is 869. The molecule has 0 spiro atoms. The first-order chi connectivity index (χ1) is 11.5. The number of carboxylic acids is 1. The van der Waals surface area contributed by atoms with Crippen LogP contribution in [0.2, 0.25) is 0 Å². The average molecular weight is 386 g/mol. The van der Waals surface area contributed by atoms with Crippen LogP contribution in [0.15, 0.2) is 63.5 Å². The molecule has 1 aromatic heterocycles. The first kappa shape index (κ1) is 16.3. The molecule has 3 aromatic rings. The second-order valence-corrected chi connectivity index (χ2v) is 6.38. The molecule has 1 heterocycles.